The Labute approximate surface area is 113 Å². The summed E-state index contributed by atoms with van der Waals surface area (Å²) in [7, 11) is 0. The van der Waals surface area contributed by atoms with Crippen LogP contribution in [0.2, 0.25) is 0 Å². The lowest BCUT2D eigenvalue weighted by Crippen LogP contribution is -2.09. The molecule has 2 aromatic rings. The number of nitrogens with zero attached hydrogens (tertiary/aromatic N) is 1. The van der Waals surface area contributed by atoms with E-state index in [1.165, 1.54) is 17.4 Å². The van der Waals surface area contributed by atoms with E-state index in [0.717, 1.165) is 6.08 Å². The fourth-order valence-electron chi connectivity index (χ4n) is 1.35. The van der Waals surface area contributed by atoms with Crippen molar-refractivity contribution in [3.63, 3.8) is 0 Å². The molecule has 0 saturated heterocycles. The van der Waals surface area contributed by atoms with Crippen LogP contribution in [0, 0.1) is 0 Å². The lowest BCUT2D eigenvalue weighted by Gasteiger charge is -2.01. The van der Waals surface area contributed by atoms with Crippen LogP contribution in [0.4, 0.5) is 5.69 Å². The number of rotatable bonds is 4. The molecular formula is C13H10N2O3S. The van der Waals surface area contributed by atoms with E-state index >= 15 is 0 Å². The minimum atomic E-state index is -1.02. The van der Waals surface area contributed by atoms with E-state index in [1.54, 1.807) is 36.7 Å². The highest BCUT2D eigenvalue weighted by Gasteiger charge is 2.08. The van der Waals surface area contributed by atoms with E-state index in [2.05, 4.69) is 10.3 Å². The van der Waals surface area contributed by atoms with Crippen molar-refractivity contribution < 1.29 is 14.7 Å². The first kappa shape index (κ1) is 13.0. The second kappa shape index (κ2) is 5.92. The number of pyridine rings is 1. The van der Waals surface area contributed by atoms with Gasteiger partial charge >= 0.3 is 5.97 Å². The molecule has 0 fully saturated rings. The van der Waals surface area contributed by atoms with Crippen LogP contribution in [0.1, 0.15) is 14.5 Å². The lowest BCUT2D eigenvalue weighted by atomic mass is 10.3. The molecule has 2 aromatic heterocycles. The van der Waals surface area contributed by atoms with Gasteiger partial charge in [0.15, 0.2) is 0 Å². The van der Waals surface area contributed by atoms with Crippen molar-refractivity contribution in [1.82, 2.24) is 4.98 Å². The molecule has 0 spiro atoms. The number of hydrogen-bond donors (Lipinski definition) is 2. The van der Waals surface area contributed by atoms with Crippen LogP contribution in [0.15, 0.2) is 42.7 Å². The number of aromatic nitrogens is 1. The third-order valence-corrected chi connectivity index (χ3v) is 3.21. The Morgan fingerprint density at radius 3 is 2.84 bits per heavy atom. The van der Waals surface area contributed by atoms with Gasteiger partial charge in [-0.25, -0.2) is 4.79 Å². The molecule has 0 aliphatic heterocycles. The maximum absolute atomic E-state index is 11.9. The lowest BCUT2D eigenvalue weighted by molar-refractivity contribution is -0.131. The molecule has 19 heavy (non-hydrogen) atoms. The Morgan fingerprint density at radius 2 is 2.16 bits per heavy atom. The van der Waals surface area contributed by atoms with Gasteiger partial charge in [0.05, 0.1) is 16.8 Å². The smallest absolute Gasteiger partial charge is 0.328 e. The van der Waals surface area contributed by atoms with Crippen LogP contribution >= 0.6 is 11.3 Å². The summed E-state index contributed by atoms with van der Waals surface area (Å²) in [5.74, 6) is -1.26. The Kier molecular flexibility index (Phi) is 4.04. The first-order valence-corrected chi connectivity index (χ1v) is 6.19. The number of carbonyl (C=O) groups excluding carboxylic acids is 1. The van der Waals surface area contributed by atoms with Crippen molar-refractivity contribution in [2.45, 2.75) is 0 Å². The molecular weight excluding hydrogens is 264 g/mol. The number of amides is 1. The fourth-order valence-corrected chi connectivity index (χ4v) is 2.15. The second-order valence-corrected chi connectivity index (χ2v) is 4.68. The number of thiophene rings is 1. The monoisotopic (exact) mass is 274 g/mol. The SMILES string of the molecule is O=C(O)C=Cc1ccc(C(=O)Nc2cccnc2)s1. The summed E-state index contributed by atoms with van der Waals surface area (Å²) in [6.07, 6.45) is 5.66. The maximum atomic E-state index is 11.9. The maximum Gasteiger partial charge on any atom is 0.328 e. The summed E-state index contributed by atoms with van der Waals surface area (Å²) in [4.78, 5) is 27.4. The zero-order valence-electron chi connectivity index (χ0n) is 9.74. The van der Waals surface area contributed by atoms with Crippen LogP contribution in [0.25, 0.3) is 6.08 Å². The van der Waals surface area contributed by atoms with Crippen molar-refractivity contribution in [2.24, 2.45) is 0 Å². The molecule has 0 aliphatic carbocycles. The highest BCUT2D eigenvalue weighted by molar-refractivity contribution is 7.15. The van der Waals surface area contributed by atoms with Gasteiger partial charge in [-0.1, -0.05) is 0 Å². The van der Waals surface area contributed by atoms with Crippen LogP contribution in [-0.2, 0) is 4.79 Å². The predicted molar refractivity (Wildman–Crippen MR) is 73.2 cm³/mol. The third-order valence-electron chi connectivity index (χ3n) is 2.16. The molecule has 0 unspecified atom stereocenters. The molecule has 2 rings (SSSR count). The summed E-state index contributed by atoms with van der Waals surface area (Å²) in [5.41, 5.74) is 0.614. The van der Waals surface area contributed by atoms with Gasteiger partial charge in [0.2, 0.25) is 0 Å². The standard InChI is InChI=1S/C13H10N2O3S/c16-12(17)6-4-10-3-5-11(19-10)13(18)15-9-2-1-7-14-8-9/h1-8H,(H,15,18)(H,16,17). The highest BCUT2D eigenvalue weighted by atomic mass is 32.1. The zero-order chi connectivity index (χ0) is 13.7. The molecule has 0 bridgehead atoms. The molecule has 0 atom stereocenters. The second-order valence-electron chi connectivity index (χ2n) is 3.57. The molecule has 2 N–H and O–H groups in total. The van der Waals surface area contributed by atoms with Gasteiger partial charge in [0, 0.05) is 17.2 Å². The number of hydrogen-bond acceptors (Lipinski definition) is 4. The number of nitrogens with one attached hydrogen (secondary N) is 1. The normalized spacial score (nSPS) is 10.5. The van der Waals surface area contributed by atoms with Gasteiger partial charge in [-0.15, -0.1) is 11.3 Å². The first-order valence-electron chi connectivity index (χ1n) is 5.37. The van der Waals surface area contributed by atoms with Gasteiger partial charge < -0.3 is 10.4 Å². The molecule has 96 valence electrons. The van der Waals surface area contributed by atoms with E-state index in [4.69, 9.17) is 5.11 Å². The number of anilines is 1. The Hall–Kier alpha value is -2.47. The minimum absolute atomic E-state index is 0.243. The molecule has 6 heteroatoms. The number of carbonyl (C=O) groups is 2. The van der Waals surface area contributed by atoms with Gasteiger partial charge in [-0.2, -0.15) is 0 Å². The Balaban J connectivity index is 2.06. The van der Waals surface area contributed by atoms with Gasteiger partial charge in [-0.05, 0) is 30.3 Å². The van der Waals surface area contributed by atoms with E-state index in [0.29, 0.717) is 15.4 Å². The highest BCUT2D eigenvalue weighted by Crippen LogP contribution is 2.19. The molecule has 0 aromatic carbocycles. The average molecular weight is 274 g/mol. The molecule has 1 amide bonds. The van der Waals surface area contributed by atoms with Crippen molar-refractivity contribution in [1.29, 1.82) is 0 Å². The largest absolute Gasteiger partial charge is 0.478 e. The third kappa shape index (κ3) is 3.75. The molecule has 0 aliphatic rings. The minimum Gasteiger partial charge on any atom is -0.478 e. The number of carboxylic acid groups (broad SMARTS) is 1. The van der Waals surface area contributed by atoms with Crippen molar-refractivity contribution in [3.8, 4) is 0 Å². The van der Waals surface area contributed by atoms with E-state index < -0.39 is 5.97 Å². The first-order chi connectivity index (χ1) is 9.15. The predicted octanol–water partition coefficient (Wildman–Crippen LogP) is 2.49. The summed E-state index contributed by atoms with van der Waals surface area (Å²) >= 11 is 1.22. The van der Waals surface area contributed by atoms with Crippen molar-refractivity contribution >= 4 is 35.0 Å². The van der Waals surface area contributed by atoms with Crippen molar-refractivity contribution in [3.05, 3.63) is 52.5 Å². The van der Waals surface area contributed by atoms with Gasteiger partial charge in [0.25, 0.3) is 5.91 Å². The summed E-state index contributed by atoms with van der Waals surface area (Å²) in [6, 6.07) is 6.81. The molecule has 0 radical (unpaired) electrons. The van der Waals surface area contributed by atoms with Crippen LogP contribution < -0.4 is 5.32 Å². The number of carboxylic acids is 1. The Bertz CT molecular complexity index is 620. The van der Waals surface area contributed by atoms with Gasteiger partial charge in [0.1, 0.15) is 0 Å². The van der Waals surface area contributed by atoms with Crippen LogP contribution in [-0.4, -0.2) is 22.0 Å². The van der Waals surface area contributed by atoms with Crippen LogP contribution in [0.3, 0.4) is 0 Å². The average Bonchev–Trinajstić information content (AvgIpc) is 2.86. The molecule has 2 heterocycles. The van der Waals surface area contributed by atoms with E-state index in [9.17, 15) is 9.59 Å². The topological polar surface area (TPSA) is 79.3 Å². The van der Waals surface area contributed by atoms with E-state index in [1.807, 2.05) is 0 Å². The zero-order valence-corrected chi connectivity index (χ0v) is 10.6. The number of aliphatic carboxylic acids is 1. The summed E-state index contributed by atoms with van der Waals surface area (Å²) in [6.45, 7) is 0. The van der Waals surface area contributed by atoms with E-state index in [-0.39, 0.29) is 5.91 Å². The van der Waals surface area contributed by atoms with Gasteiger partial charge in [-0.3, -0.25) is 9.78 Å². The Morgan fingerprint density at radius 1 is 1.32 bits per heavy atom. The molecule has 5 nitrogen and oxygen atoms in total. The summed E-state index contributed by atoms with van der Waals surface area (Å²) < 4.78 is 0. The quantitative estimate of drug-likeness (QED) is 0.839. The van der Waals surface area contributed by atoms with Crippen molar-refractivity contribution in [2.75, 3.05) is 5.32 Å². The fraction of sp³-hybridized carbons (Fsp3) is 0. The van der Waals surface area contributed by atoms with Crippen LogP contribution in [0.5, 0.6) is 0 Å². The summed E-state index contributed by atoms with van der Waals surface area (Å²) in [5, 5.41) is 11.2. The molecule has 0 saturated carbocycles.